The van der Waals surface area contributed by atoms with E-state index in [9.17, 15) is 5.11 Å². The molecular weight excluding hydrogens is 288 g/mol. The smallest absolute Gasteiger partial charge is 0.0828 e. The summed E-state index contributed by atoms with van der Waals surface area (Å²) in [5.74, 6) is 0. The van der Waals surface area contributed by atoms with E-state index in [1.54, 1.807) is 0 Å². The zero-order chi connectivity index (χ0) is 16.7. The quantitative estimate of drug-likeness (QED) is 0.491. The first-order valence-electron chi connectivity index (χ1n) is 7.94. The van der Waals surface area contributed by atoms with E-state index in [1.807, 2.05) is 41.9 Å². The average molecular weight is 314 g/mol. The highest BCUT2D eigenvalue weighted by molar-refractivity contribution is 5.52. The Morgan fingerprint density at radius 1 is 1.22 bits per heavy atom. The highest BCUT2D eigenvalue weighted by atomic mass is 16.3. The van der Waals surface area contributed by atoms with Gasteiger partial charge in [-0.2, -0.15) is 5.10 Å². The second kappa shape index (κ2) is 8.50. The lowest BCUT2D eigenvalue weighted by molar-refractivity contribution is 0.280. The van der Waals surface area contributed by atoms with Crippen molar-refractivity contribution in [1.82, 2.24) is 15.1 Å². The molecule has 0 spiro atoms. The van der Waals surface area contributed by atoms with Gasteiger partial charge in [0, 0.05) is 19.6 Å². The Balaban J connectivity index is 1.81. The van der Waals surface area contributed by atoms with E-state index in [0.717, 1.165) is 54.4 Å². The molecule has 0 saturated carbocycles. The Kier molecular flexibility index (Phi) is 6.38. The van der Waals surface area contributed by atoms with Crippen LogP contribution in [0.5, 0.6) is 0 Å². The first-order chi connectivity index (χ1) is 11.2. The van der Waals surface area contributed by atoms with Gasteiger partial charge < -0.3 is 15.7 Å². The number of aliphatic hydroxyl groups is 1. The summed E-state index contributed by atoms with van der Waals surface area (Å²) in [6.45, 7) is 11.1. The Morgan fingerprint density at radius 2 is 1.96 bits per heavy atom. The maximum Gasteiger partial charge on any atom is 0.0828 e. The first kappa shape index (κ1) is 17.2. The van der Waals surface area contributed by atoms with E-state index < -0.39 is 0 Å². The summed E-state index contributed by atoms with van der Waals surface area (Å²) < 4.78 is 1.95. The predicted octanol–water partition coefficient (Wildman–Crippen LogP) is 2.38. The summed E-state index contributed by atoms with van der Waals surface area (Å²) in [5.41, 5.74) is 5.36. The first-order valence-corrected chi connectivity index (χ1v) is 7.94. The number of allylic oxidation sites excluding steroid dienone is 1. The minimum Gasteiger partial charge on any atom is -0.392 e. The number of nitrogens with one attached hydrogen (secondary N) is 2. The van der Waals surface area contributed by atoms with Crippen molar-refractivity contribution >= 4 is 5.69 Å². The molecule has 124 valence electrons. The van der Waals surface area contributed by atoms with Crippen molar-refractivity contribution in [2.24, 2.45) is 0 Å². The van der Waals surface area contributed by atoms with Crippen molar-refractivity contribution in [2.45, 2.75) is 33.5 Å². The van der Waals surface area contributed by atoms with Gasteiger partial charge in [-0.15, -0.1) is 6.58 Å². The van der Waals surface area contributed by atoms with Gasteiger partial charge in [0.1, 0.15) is 0 Å². The summed E-state index contributed by atoms with van der Waals surface area (Å²) in [6, 6.07) is 7.94. The molecule has 1 heterocycles. The van der Waals surface area contributed by atoms with Crippen LogP contribution in [0.4, 0.5) is 5.69 Å². The third-order valence-electron chi connectivity index (χ3n) is 3.89. The fraction of sp³-hybridized carbons (Fsp3) is 0.389. The predicted molar refractivity (Wildman–Crippen MR) is 94.5 cm³/mol. The summed E-state index contributed by atoms with van der Waals surface area (Å²) in [4.78, 5) is 0. The highest BCUT2D eigenvalue weighted by Gasteiger charge is 2.09. The SMILES string of the molecule is C=CCn1nc(C)c(NCCNCc2ccccc2CO)c1C. The van der Waals surface area contributed by atoms with Crippen molar-refractivity contribution < 1.29 is 5.11 Å². The molecule has 2 rings (SSSR count). The lowest BCUT2D eigenvalue weighted by atomic mass is 10.1. The van der Waals surface area contributed by atoms with Gasteiger partial charge in [-0.05, 0) is 25.0 Å². The Labute approximate surface area is 138 Å². The summed E-state index contributed by atoms with van der Waals surface area (Å²) in [6.07, 6.45) is 1.85. The van der Waals surface area contributed by atoms with Crippen molar-refractivity contribution in [1.29, 1.82) is 0 Å². The van der Waals surface area contributed by atoms with Crippen LogP contribution < -0.4 is 10.6 Å². The van der Waals surface area contributed by atoms with Gasteiger partial charge >= 0.3 is 0 Å². The molecule has 2 aromatic rings. The van der Waals surface area contributed by atoms with Crippen LogP contribution in [0.2, 0.25) is 0 Å². The topological polar surface area (TPSA) is 62.1 Å². The standard InChI is InChI=1S/C18H26N4O/c1-4-11-22-15(3)18(14(2)21-22)20-10-9-19-12-16-7-5-6-8-17(16)13-23/h4-8,19-20,23H,1,9-13H2,2-3H3. The van der Waals surface area contributed by atoms with Crippen LogP contribution >= 0.6 is 0 Å². The summed E-state index contributed by atoms with van der Waals surface area (Å²) in [7, 11) is 0. The van der Waals surface area contributed by atoms with Gasteiger partial charge in [0.05, 0.1) is 30.2 Å². The minimum atomic E-state index is 0.0803. The van der Waals surface area contributed by atoms with Crippen molar-refractivity contribution in [2.75, 3.05) is 18.4 Å². The third kappa shape index (κ3) is 4.43. The molecule has 0 saturated heterocycles. The Bertz CT molecular complexity index is 648. The van der Waals surface area contributed by atoms with E-state index in [2.05, 4.69) is 29.2 Å². The molecular formula is C18H26N4O. The number of anilines is 1. The maximum atomic E-state index is 9.32. The van der Waals surface area contributed by atoms with Crippen LogP contribution in [0.1, 0.15) is 22.5 Å². The fourth-order valence-corrected chi connectivity index (χ4v) is 2.64. The zero-order valence-corrected chi connectivity index (χ0v) is 14.0. The number of hydrogen-bond acceptors (Lipinski definition) is 4. The molecule has 5 heteroatoms. The van der Waals surface area contributed by atoms with E-state index in [0.29, 0.717) is 0 Å². The molecule has 5 nitrogen and oxygen atoms in total. The van der Waals surface area contributed by atoms with Crippen molar-refractivity contribution in [3.05, 3.63) is 59.4 Å². The zero-order valence-electron chi connectivity index (χ0n) is 14.0. The highest BCUT2D eigenvalue weighted by Crippen LogP contribution is 2.18. The lowest BCUT2D eigenvalue weighted by Gasteiger charge is -2.10. The normalized spacial score (nSPS) is 10.7. The van der Waals surface area contributed by atoms with Crippen LogP contribution in [0.3, 0.4) is 0 Å². The van der Waals surface area contributed by atoms with Gasteiger partial charge in [-0.1, -0.05) is 30.3 Å². The van der Waals surface area contributed by atoms with Crippen LogP contribution in [0.25, 0.3) is 0 Å². The maximum absolute atomic E-state index is 9.32. The van der Waals surface area contributed by atoms with E-state index in [1.165, 1.54) is 0 Å². The number of aliphatic hydroxyl groups excluding tert-OH is 1. The van der Waals surface area contributed by atoms with Crippen LogP contribution in [0, 0.1) is 13.8 Å². The molecule has 0 atom stereocenters. The van der Waals surface area contributed by atoms with Crippen LogP contribution in [-0.2, 0) is 19.7 Å². The molecule has 0 amide bonds. The molecule has 0 aliphatic carbocycles. The second-order valence-electron chi connectivity index (χ2n) is 5.55. The molecule has 0 radical (unpaired) electrons. The second-order valence-corrected chi connectivity index (χ2v) is 5.55. The molecule has 0 fully saturated rings. The number of aromatic nitrogens is 2. The van der Waals surface area contributed by atoms with E-state index >= 15 is 0 Å². The van der Waals surface area contributed by atoms with Crippen LogP contribution in [0.15, 0.2) is 36.9 Å². The largest absolute Gasteiger partial charge is 0.392 e. The number of aryl methyl sites for hydroxylation is 1. The van der Waals surface area contributed by atoms with Gasteiger partial charge in [0.25, 0.3) is 0 Å². The number of nitrogens with zero attached hydrogens (tertiary/aromatic N) is 2. The Morgan fingerprint density at radius 3 is 2.65 bits per heavy atom. The van der Waals surface area contributed by atoms with Gasteiger partial charge in [-0.25, -0.2) is 0 Å². The number of benzene rings is 1. The third-order valence-corrected chi connectivity index (χ3v) is 3.89. The molecule has 0 aliphatic rings. The fourth-order valence-electron chi connectivity index (χ4n) is 2.64. The monoisotopic (exact) mass is 314 g/mol. The minimum absolute atomic E-state index is 0.0803. The molecule has 0 unspecified atom stereocenters. The van der Waals surface area contributed by atoms with Crippen molar-refractivity contribution in [3.8, 4) is 0 Å². The molecule has 1 aromatic carbocycles. The molecule has 3 N–H and O–H groups in total. The number of hydrogen-bond donors (Lipinski definition) is 3. The van der Waals surface area contributed by atoms with Gasteiger partial charge in [0.2, 0.25) is 0 Å². The van der Waals surface area contributed by atoms with Crippen LogP contribution in [-0.4, -0.2) is 28.0 Å². The Hall–Kier alpha value is -2.11. The lowest BCUT2D eigenvalue weighted by Crippen LogP contribution is -2.22. The molecule has 23 heavy (non-hydrogen) atoms. The van der Waals surface area contributed by atoms with E-state index in [4.69, 9.17) is 0 Å². The van der Waals surface area contributed by atoms with E-state index in [-0.39, 0.29) is 6.61 Å². The summed E-state index contributed by atoms with van der Waals surface area (Å²) >= 11 is 0. The molecule has 1 aromatic heterocycles. The summed E-state index contributed by atoms with van der Waals surface area (Å²) in [5, 5.41) is 20.7. The molecule has 0 aliphatic heterocycles. The number of rotatable bonds is 9. The van der Waals surface area contributed by atoms with Gasteiger partial charge in [0.15, 0.2) is 0 Å². The van der Waals surface area contributed by atoms with Gasteiger partial charge in [-0.3, -0.25) is 4.68 Å². The average Bonchev–Trinajstić information content (AvgIpc) is 2.82. The molecule has 0 bridgehead atoms. The van der Waals surface area contributed by atoms with Crippen molar-refractivity contribution in [3.63, 3.8) is 0 Å².